The summed E-state index contributed by atoms with van der Waals surface area (Å²) in [6.07, 6.45) is 2.09. The van der Waals surface area contributed by atoms with E-state index in [0.717, 1.165) is 32.5 Å². The normalized spacial score (nSPS) is 16.7. The van der Waals surface area contributed by atoms with Crippen molar-refractivity contribution in [1.29, 1.82) is 0 Å². The van der Waals surface area contributed by atoms with Gasteiger partial charge in [-0.3, -0.25) is 9.69 Å². The van der Waals surface area contributed by atoms with Gasteiger partial charge in [-0.1, -0.05) is 46.3 Å². The van der Waals surface area contributed by atoms with Crippen LogP contribution in [-0.4, -0.2) is 35.3 Å². The lowest BCUT2D eigenvalue weighted by molar-refractivity contribution is -0.119. The third-order valence-corrected chi connectivity index (χ3v) is 3.83. The molecule has 1 fully saturated rings. The maximum Gasteiger partial charge on any atom is 0.230 e. The summed E-state index contributed by atoms with van der Waals surface area (Å²) in [6.45, 7) is 3.13. The van der Waals surface area contributed by atoms with Crippen molar-refractivity contribution in [2.24, 2.45) is 0 Å². The zero-order valence-corrected chi connectivity index (χ0v) is 14.1. The number of carbonyl (C=O) groups is 1. The smallest absolute Gasteiger partial charge is 0.230 e. The van der Waals surface area contributed by atoms with E-state index in [1.54, 1.807) is 0 Å². The first-order valence-corrected chi connectivity index (χ1v) is 7.51. The maximum atomic E-state index is 11.3. The lowest BCUT2D eigenvalue weighted by Crippen LogP contribution is -2.44. The van der Waals surface area contributed by atoms with Crippen molar-refractivity contribution in [2.45, 2.75) is 25.4 Å². The van der Waals surface area contributed by atoms with E-state index >= 15 is 0 Å². The van der Waals surface area contributed by atoms with Crippen LogP contribution in [-0.2, 0) is 11.3 Å². The number of halogens is 2. The van der Waals surface area contributed by atoms with E-state index in [1.807, 2.05) is 6.07 Å². The van der Waals surface area contributed by atoms with Gasteiger partial charge in [0.05, 0.1) is 5.33 Å². The highest BCUT2D eigenvalue weighted by atomic mass is 79.9. The van der Waals surface area contributed by atoms with E-state index in [2.05, 4.69) is 50.4 Å². The van der Waals surface area contributed by atoms with Gasteiger partial charge in [-0.05, 0) is 18.4 Å². The minimum absolute atomic E-state index is 0. The number of hydrogen-bond acceptors (Lipinski definition) is 2. The molecule has 0 aliphatic carbocycles. The Hall–Kier alpha value is -0.390. The van der Waals surface area contributed by atoms with Crippen molar-refractivity contribution < 1.29 is 4.79 Å². The molecule has 1 aromatic carbocycles. The molecule has 1 N–H and O–H groups in total. The molecule has 0 aromatic heterocycles. The number of alkyl halides is 1. The average Bonchev–Trinajstić information content (AvgIpc) is 2.42. The maximum absolute atomic E-state index is 11.3. The molecule has 0 spiro atoms. The molecule has 1 aliphatic rings. The molecule has 0 atom stereocenters. The number of piperidine rings is 1. The Morgan fingerprint density at radius 3 is 2.47 bits per heavy atom. The van der Waals surface area contributed by atoms with E-state index < -0.39 is 0 Å². The number of benzene rings is 1. The molecule has 19 heavy (non-hydrogen) atoms. The minimum atomic E-state index is 0. The first-order chi connectivity index (χ1) is 8.78. The van der Waals surface area contributed by atoms with Crippen LogP contribution in [0.15, 0.2) is 30.3 Å². The van der Waals surface area contributed by atoms with Gasteiger partial charge in [0.25, 0.3) is 0 Å². The zero-order valence-electron chi connectivity index (χ0n) is 10.8. The Morgan fingerprint density at radius 1 is 1.26 bits per heavy atom. The molecule has 1 aliphatic heterocycles. The summed E-state index contributed by atoms with van der Waals surface area (Å²) < 4.78 is 0. The van der Waals surface area contributed by atoms with E-state index in [0.29, 0.717) is 11.4 Å². The largest absolute Gasteiger partial charge is 0.353 e. The monoisotopic (exact) mass is 390 g/mol. The van der Waals surface area contributed by atoms with Crippen molar-refractivity contribution in [3.05, 3.63) is 35.9 Å². The second kappa shape index (κ2) is 8.72. The number of carbonyl (C=O) groups excluding carboxylic acids is 1. The van der Waals surface area contributed by atoms with Crippen molar-refractivity contribution >= 4 is 38.8 Å². The van der Waals surface area contributed by atoms with E-state index in [1.165, 1.54) is 5.56 Å². The Balaban J connectivity index is 0.00000180. The van der Waals surface area contributed by atoms with Crippen LogP contribution in [0.2, 0.25) is 0 Å². The topological polar surface area (TPSA) is 32.3 Å². The molecule has 0 radical (unpaired) electrons. The van der Waals surface area contributed by atoms with Gasteiger partial charge >= 0.3 is 0 Å². The van der Waals surface area contributed by atoms with Crippen LogP contribution in [0.25, 0.3) is 0 Å². The summed E-state index contributed by atoms with van der Waals surface area (Å²) in [6, 6.07) is 10.9. The number of nitrogens with one attached hydrogen (secondary N) is 1. The zero-order chi connectivity index (χ0) is 12.8. The molecule has 0 bridgehead atoms. The number of rotatable bonds is 4. The van der Waals surface area contributed by atoms with Crippen LogP contribution in [0.4, 0.5) is 0 Å². The SMILES string of the molecule is Br.O=C(CBr)NC1CCN(Cc2ccccc2)CC1. The van der Waals surface area contributed by atoms with Crippen molar-refractivity contribution in [1.82, 2.24) is 10.2 Å². The van der Waals surface area contributed by atoms with Crippen LogP contribution >= 0.6 is 32.9 Å². The summed E-state index contributed by atoms with van der Waals surface area (Å²) in [7, 11) is 0. The summed E-state index contributed by atoms with van der Waals surface area (Å²) in [5, 5.41) is 3.44. The average molecular weight is 392 g/mol. The number of nitrogens with zero attached hydrogens (tertiary/aromatic N) is 1. The van der Waals surface area contributed by atoms with Crippen LogP contribution in [0.3, 0.4) is 0 Å². The molecular formula is C14H20Br2N2O. The highest BCUT2D eigenvalue weighted by molar-refractivity contribution is 9.09. The second-order valence-electron chi connectivity index (χ2n) is 4.74. The van der Waals surface area contributed by atoms with Crippen molar-refractivity contribution in [2.75, 3.05) is 18.4 Å². The lowest BCUT2D eigenvalue weighted by atomic mass is 10.0. The van der Waals surface area contributed by atoms with Crippen LogP contribution < -0.4 is 5.32 Å². The molecule has 3 nitrogen and oxygen atoms in total. The Labute approximate surface area is 133 Å². The van der Waals surface area contributed by atoms with E-state index in [4.69, 9.17) is 0 Å². The van der Waals surface area contributed by atoms with Gasteiger partial charge in [0.2, 0.25) is 5.91 Å². The van der Waals surface area contributed by atoms with E-state index in [-0.39, 0.29) is 22.9 Å². The van der Waals surface area contributed by atoms with Gasteiger partial charge in [-0.25, -0.2) is 0 Å². The van der Waals surface area contributed by atoms with Gasteiger partial charge in [0, 0.05) is 25.7 Å². The van der Waals surface area contributed by atoms with Crippen LogP contribution in [0.5, 0.6) is 0 Å². The summed E-state index contributed by atoms with van der Waals surface area (Å²) in [5.41, 5.74) is 1.36. The molecule has 2 rings (SSSR count). The molecule has 0 unspecified atom stereocenters. The fraction of sp³-hybridized carbons (Fsp3) is 0.500. The van der Waals surface area contributed by atoms with Gasteiger partial charge < -0.3 is 5.32 Å². The third-order valence-electron chi connectivity index (χ3n) is 3.32. The Bertz CT molecular complexity index is 378. The van der Waals surface area contributed by atoms with Crippen molar-refractivity contribution in [3.8, 4) is 0 Å². The molecule has 0 saturated carbocycles. The molecule has 5 heteroatoms. The highest BCUT2D eigenvalue weighted by Gasteiger charge is 2.20. The fourth-order valence-corrected chi connectivity index (χ4v) is 2.51. The first-order valence-electron chi connectivity index (χ1n) is 6.39. The molecule has 1 saturated heterocycles. The number of likely N-dealkylation sites (tertiary alicyclic amines) is 1. The van der Waals surface area contributed by atoms with Gasteiger partial charge in [0.1, 0.15) is 0 Å². The lowest BCUT2D eigenvalue weighted by Gasteiger charge is -2.32. The van der Waals surface area contributed by atoms with Crippen molar-refractivity contribution in [3.63, 3.8) is 0 Å². The quantitative estimate of drug-likeness (QED) is 0.800. The third kappa shape index (κ3) is 5.63. The highest BCUT2D eigenvalue weighted by Crippen LogP contribution is 2.13. The summed E-state index contributed by atoms with van der Waals surface area (Å²) >= 11 is 3.18. The standard InChI is InChI=1S/C14H19BrN2O.BrH/c15-10-14(18)16-13-6-8-17(9-7-13)11-12-4-2-1-3-5-12;/h1-5,13H,6-11H2,(H,16,18);1H. The molecule has 1 amide bonds. The summed E-state index contributed by atoms with van der Waals surface area (Å²) in [4.78, 5) is 13.7. The van der Waals surface area contributed by atoms with Gasteiger partial charge in [0.15, 0.2) is 0 Å². The van der Waals surface area contributed by atoms with Crippen LogP contribution in [0.1, 0.15) is 18.4 Å². The van der Waals surface area contributed by atoms with Gasteiger partial charge in [-0.2, -0.15) is 0 Å². The predicted octanol–water partition coefficient (Wildman–Crippen LogP) is 2.74. The van der Waals surface area contributed by atoms with Gasteiger partial charge in [-0.15, -0.1) is 17.0 Å². The molecule has 1 aromatic rings. The van der Waals surface area contributed by atoms with Crippen LogP contribution in [0, 0.1) is 0 Å². The predicted molar refractivity (Wildman–Crippen MR) is 87.0 cm³/mol. The minimum Gasteiger partial charge on any atom is -0.353 e. The Morgan fingerprint density at radius 2 is 1.89 bits per heavy atom. The Kier molecular flexibility index (Phi) is 7.64. The molecule has 106 valence electrons. The number of hydrogen-bond donors (Lipinski definition) is 1. The fourth-order valence-electron chi connectivity index (χ4n) is 2.34. The van der Waals surface area contributed by atoms with E-state index in [9.17, 15) is 4.79 Å². The molecular weight excluding hydrogens is 372 g/mol. The second-order valence-corrected chi connectivity index (χ2v) is 5.30. The number of amides is 1. The summed E-state index contributed by atoms with van der Waals surface area (Å²) in [5.74, 6) is 0.0940. The first kappa shape index (κ1) is 16.7. The molecule has 1 heterocycles.